The molecule has 0 spiro atoms. The van der Waals surface area contributed by atoms with Gasteiger partial charge in [0, 0.05) is 22.6 Å². The Labute approximate surface area is 108 Å². The van der Waals surface area contributed by atoms with Crippen molar-refractivity contribution in [2.24, 2.45) is 5.92 Å². The van der Waals surface area contributed by atoms with Gasteiger partial charge in [-0.2, -0.15) is 0 Å². The summed E-state index contributed by atoms with van der Waals surface area (Å²) in [6.07, 6.45) is 10.7. The predicted molar refractivity (Wildman–Crippen MR) is 71.4 cm³/mol. The second-order valence-corrected chi connectivity index (χ2v) is 6.62. The molecule has 2 aromatic heterocycles. The van der Waals surface area contributed by atoms with Crippen LogP contribution in [0.1, 0.15) is 31.4 Å². The zero-order valence-corrected chi connectivity index (χ0v) is 11.5. The number of imidazole rings is 1. The van der Waals surface area contributed by atoms with Crippen LogP contribution in [0, 0.1) is 5.92 Å². The minimum absolute atomic E-state index is 0.747. The third kappa shape index (κ3) is 2.33. The summed E-state index contributed by atoms with van der Waals surface area (Å²) in [6, 6.07) is 0. The number of aromatic nitrogens is 2. The summed E-state index contributed by atoms with van der Waals surface area (Å²) in [5.41, 5.74) is 1.24. The standard InChI is InChI=1S/C12H15BrN2S/c13-11(9-4-5-9)3-1-2-10-8-15-6-7-16-12(15)14-10/h6-9,11H,1-5H2. The third-order valence-electron chi connectivity index (χ3n) is 3.19. The number of nitrogens with zero attached hydrogens (tertiary/aromatic N) is 2. The van der Waals surface area contributed by atoms with Crippen LogP contribution in [0.15, 0.2) is 17.8 Å². The number of hydrogen-bond donors (Lipinski definition) is 0. The molecule has 3 rings (SSSR count). The highest BCUT2D eigenvalue weighted by Gasteiger charge is 2.28. The highest BCUT2D eigenvalue weighted by atomic mass is 79.9. The molecule has 0 N–H and O–H groups in total. The Kier molecular flexibility index (Phi) is 3.03. The molecule has 0 aliphatic heterocycles. The maximum absolute atomic E-state index is 4.60. The average molecular weight is 299 g/mol. The van der Waals surface area contributed by atoms with Gasteiger partial charge in [-0.3, -0.25) is 4.40 Å². The van der Waals surface area contributed by atoms with Gasteiger partial charge in [-0.25, -0.2) is 4.98 Å². The van der Waals surface area contributed by atoms with Crippen LogP contribution >= 0.6 is 27.3 Å². The van der Waals surface area contributed by atoms with Gasteiger partial charge in [0.1, 0.15) is 0 Å². The molecular formula is C12H15BrN2S. The molecule has 1 aliphatic carbocycles. The molecule has 2 heterocycles. The Hall–Kier alpha value is -0.350. The number of hydrogen-bond acceptors (Lipinski definition) is 2. The van der Waals surface area contributed by atoms with E-state index in [2.05, 4.69) is 43.1 Å². The number of halogens is 1. The number of fused-ring (bicyclic) bond motifs is 1. The fourth-order valence-electron chi connectivity index (χ4n) is 2.07. The second-order valence-electron chi connectivity index (χ2n) is 4.57. The summed E-state index contributed by atoms with van der Waals surface area (Å²) in [4.78, 5) is 6.46. The fraction of sp³-hybridized carbons (Fsp3) is 0.583. The van der Waals surface area contributed by atoms with Gasteiger partial charge in [0.25, 0.3) is 0 Å². The Morgan fingerprint density at radius 1 is 1.56 bits per heavy atom. The summed E-state index contributed by atoms with van der Waals surface area (Å²) in [7, 11) is 0. The van der Waals surface area contributed by atoms with Gasteiger partial charge in [0.2, 0.25) is 0 Å². The predicted octanol–water partition coefficient (Wildman–Crippen LogP) is 3.89. The molecule has 0 aromatic carbocycles. The monoisotopic (exact) mass is 298 g/mol. The van der Waals surface area contributed by atoms with Gasteiger partial charge in [-0.05, 0) is 38.0 Å². The zero-order valence-electron chi connectivity index (χ0n) is 9.10. The molecule has 2 nitrogen and oxygen atoms in total. The number of rotatable bonds is 5. The summed E-state index contributed by atoms with van der Waals surface area (Å²) >= 11 is 5.49. The molecule has 0 amide bonds. The zero-order chi connectivity index (χ0) is 11.0. The van der Waals surface area contributed by atoms with Gasteiger partial charge < -0.3 is 0 Å². The van der Waals surface area contributed by atoms with Crippen molar-refractivity contribution in [2.45, 2.75) is 36.9 Å². The second kappa shape index (κ2) is 4.49. The van der Waals surface area contributed by atoms with Crippen molar-refractivity contribution in [3.05, 3.63) is 23.5 Å². The van der Waals surface area contributed by atoms with E-state index in [9.17, 15) is 0 Å². The molecule has 2 aromatic rings. The number of thiazole rings is 1. The van der Waals surface area contributed by atoms with Crippen LogP contribution in [0.4, 0.5) is 0 Å². The van der Waals surface area contributed by atoms with Crippen LogP contribution in [0.5, 0.6) is 0 Å². The molecule has 0 saturated heterocycles. The quantitative estimate of drug-likeness (QED) is 0.766. The maximum Gasteiger partial charge on any atom is 0.193 e. The lowest BCUT2D eigenvalue weighted by atomic mass is 10.1. The summed E-state index contributed by atoms with van der Waals surface area (Å²) in [6.45, 7) is 0. The van der Waals surface area contributed by atoms with Gasteiger partial charge in [0.15, 0.2) is 4.96 Å². The molecule has 1 fully saturated rings. The van der Waals surface area contributed by atoms with Gasteiger partial charge >= 0.3 is 0 Å². The highest BCUT2D eigenvalue weighted by molar-refractivity contribution is 9.09. The van der Waals surface area contributed by atoms with E-state index < -0.39 is 0 Å². The van der Waals surface area contributed by atoms with E-state index in [-0.39, 0.29) is 0 Å². The topological polar surface area (TPSA) is 17.3 Å². The molecule has 16 heavy (non-hydrogen) atoms. The van der Waals surface area contributed by atoms with Crippen molar-refractivity contribution in [1.82, 2.24) is 9.38 Å². The Morgan fingerprint density at radius 2 is 2.44 bits per heavy atom. The van der Waals surface area contributed by atoms with Crippen LogP contribution < -0.4 is 0 Å². The third-order valence-corrected chi connectivity index (χ3v) is 5.17. The first-order chi connectivity index (χ1) is 7.83. The lowest BCUT2D eigenvalue weighted by Crippen LogP contribution is -2.00. The molecule has 86 valence electrons. The Bertz CT molecular complexity index is 444. The number of aryl methyl sites for hydroxylation is 1. The van der Waals surface area contributed by atoms with Crippen LogP contribution in [-0.2, 0) is 6.42 Å². The van der Waals surface area contributed by atoms with Gasteiger partial charge in [-0.1, -0.05) is 15.9 Å². The van der Waals surface area contributed by atoms with E-state index in [0.29, 0.717) is 0 Å². The smallest absolute Gasteiger partial charge is 0.193 e. The molecule has 1 saturated carbocycles. The molecular weight excluding hydrogens is 284 g/mol. The van der Waals surface area contributed by atoms with Crippen molar-refractivity contribution in [1.29, 1.82) is 0 Å². The SMILES string of the molecule is BrC(CCCc1cn2ccsc2n1)C1CC1. The molecule has 0 radical (unpaired) electrons. The first-order valence-electron chi connectivity index (χ1n) is 5.88. The molecule has 1 unspecified atom stereocenters. The van der Waals surface area contributed by atoms with Crippen LogP contribution in [0.2, 0.25) is 0 Å². The number of alkyl halides is 1. The highest BCUT2D eigenvalue weighted by Crippen LogP contribution is 2.38. The largest absolute Gasteiger partial charge is 0.297 e. The van der Waals surface area contributed by atoms with Crippen molar-refractivity contribution in [2.75, 3.05) is 0 Å². The first kappa shape index (κ1) is 10.8. The molecule has 4 heteroatoms. The lowest BCUT2D eigenvalue weighted by molar-refractivity contribution is 0.650. The summed E-state index contributed by atoms with van der Waals surface area (Å²) in [5.74, 6) is 0.963. The van der Waals surface area contributed by atoms with E-state index in [1.165, 1.54) is 31.4 Å². The van der Waals surface area contributed by atoms with Crippen molar-refractivity contribution in [3.63, 3.8) is 0 Å². The Balaban J connectivity index is 1.52. The van der Waals surface area contributed by atoms with Crippen molar-refractivity contribution in [3.8, 4) is 0 Å². The lowest BCUT2D eigenvalue weighted by Gasteiger charge is -2.05. The average Bonchev–Trinajstić information content (AvgIpc) is 2.91. The molecule has 0 bridgehead atoms. The fourth-order valence-corrected chi connectivity index (χ4v) is 3.64. The van der Waals surface area contributed by atoms with E-state index in [1.807, 2.05) is 0 Å². The maximum atomic E-state index is 4.60. The normalized spacial score (nSPS) is 18.1. The van der Waals surface area contributed by atoms with Crippen LogP contribution in [0.3, 0.4) is 0 Å². The van der Waals surface area contributed by atoms with Crippen molar-refractivity contribution >= 4 is 32.2 Å². The summed E-state index contributed by atoms with van der Waals surface area (Å²) in [5, 5.41) is 2.08. The van der Waals surface area contributed by atoms with Crippen LogP contribution in [-0.4, -0.2) is 14.2 Å². The molecule has 1 aliphatic rings. The molecule has 1 atom stereocenters. The minimum Gasteiger partial charge on any atom is -0.297 e. The van der Waals surface area contributed by atoms with Gasteiger partial charge in [-0.15, -0.1) is 11.3 Å². The van der Waals surface area contributed by atoms with Crippen molar-refractivity contribution < 1.29 is 0 Å². The Morgan fingerprint density at radius 3 is 3.19 bits per heavy atom. The van der Waals surface area contributed by atoms with E-state index in [1.54, 1.807) is 11.3 Å². The van der Waals surface area contributed by atoms with E-state index in [4.69, 9.17) is 0 Å². The van der Waals surface area contributed by atoms with Gasteiger partial charge in [0.05, 0.1) is 5.69 Å². The first-order valence-corrected chi connectivity index (χ1v) is 7.67. The van der Waals surface area contributed by atoms with E-state index in [0.717, 1.165) is 22.1 Å². The minimum atomic E-state index is 0.747. The van der Waals surface area contributed by atoms with Crippen LogP contribution in [0.25, 0.3) is 4.96 Å². The van der Waals surface area contributed by atoms with E-state index >= 15 is 0 Å². The summed E-state index contributed by atoms with van der Waals surface area (Å²) < 4.78 is 2.12.